The Morgan fingerprint density at radius 2 is 1.81 bits per heavy atom. The van der Waals surface area contributed by atoms with Gasteiger partial charge in [-0.1, -0.05) is 12.1 Å². The second-order valence-corrected chi connectivity index (χ2v) is 7.08. The number of amides is 1. The molecule has 0 aliphatic heterocycles. The predicted molar refractivity (Wildman–Crippen MR) is 104 cm³/mol. The maximum atomic E-state index is 12.8. The van der Waals surface area contributed by atoms with E-state index in [1.54, 1.807) is 25.1 Å². The van der Waals surface area contributed by atoms with Crippen molar-refractivity contribution in [2.75, 3.05) is 6.54 Å². The summed E-state index contributed by atoms with van der Waals surface area (Å²) in [6.07, 6.45) is -9.85. The molecule has 1 heterocycles. The highest BCUT2D eigenvalue weighted by Crippen LogP contribution is 2.32. The van der Waals surface area contributed by atoms with Crippen molar-refractivity contribution in [3.8, 4) is 17.0 Å². The van der Waals surface area contributed by atoms with Crippen LogP contribution in [0.15, 0.2) is 42.6 Å². The van der Waals surface area contributed by atoms with Crippen LogP contribution in [0.4, 0.5) is 26.3 Å². The van der Waals surface area contributed by atoms with Gasteiger partial charge in [0, 0.05) is 16.3 Å². The van der Waals surface area contributed by atoms with Crippen LogP contribution in [0.5, 0.6) is 5.88 Å². The molecular formula is C21H17F6N3O2. The number of hydrogen-bond acceptors (Lipinski definition) is 4. The lowest BCUT2D eigenvalue weighted by molar-refractivity contribution is -0.189. The Morgan fingerprint density at radius 3 is 2.47 bits per heavy atom. The number of nitrogens with one attached hydrogen (secondary N) is 1. The highest BCUT2D eigenvalue weighted by atomic mass is 19.4. The summed E-state index contributed by atoms with van der Waals surface area (Å²) in [5.74, 6) is -1.16. The van der Waals surface area contributed by atoms with Crippen LogP contribution in [-0.2, 0) is 0 Å². The molecule has 0 bridgehead atoms. The van der Waals surface area contributed by atoms with Crippen molar-refractivity contribution in [3.05, 3.63) is 53.7 Å². The molecule has 1 amide bonds. The minimum Gasteiger partial charge on any atom is -0.463 e. The zero-order valence-electron chi connectivity index (χ0n) is 16.8. The molecule has 1 atom stereocenters. The van der Waals surface area contributed by atoms with E-state index in [-0.39, 0.29) is 11.4 Å². The Bertz CT molecular complexity index is 1140. The van der Waals surface area contributed by atoms with Gasteiger partial charge in [-0.3, -0.25) is 4.79 Å². The van der Waals surface area contributed by atoms with Crippen molar-refractivity contribution >= 4 is 16.7 Å². The zero-order chi connectivity index (χ0) is 23.7. The number of carbonyl (C=O) groups excluding carboxylic acids is 1. The monoisotopic (exact) mass is 457 g/mol. The van der Waals surface area contributed by atoms with Gasteiger partial charge in [0.15, 0.2) is 6.10 Å². The summed E-state index contributed by atoms with van der Waals surface area (Å²) < 4.78 is 80.5. The van der Waals surface area contributed by atoms with Crippen molar-refractivity contribution in [1.29, 1.82) is 0 Å². The van der Waals surface area contributed by atoms with E-state index in [1.807, 2.05) is 5.32 Å². The Kier molecular flexibility index (Phi) is 6.29. The number of aromatic nitrogens is 2. The fraction of sp³-hybridized carbons (Fsp3) is 0.286. The van der Waals surface area contributed by atoms with E-state index in [0.29, 0.717) is 21.9 Å². The molecule has 0 fully saturated rings. The average Bonchev–Trinajstić information content (AvgIpc) is 2.71. The number of benzene rings is 2. The number of alkyl halides is 6. The van der Waals surface area contributed by atoms with Crippen molar-refractivity contribution in [1.82, 2.24) is 15.5 Å². The van der Waals surface area contributed by atoms with E-state index in [0.717, 1.165) is 12.5 Å². The molecule has 32 heavy (non-hydrogen) atoms. The molecule has 0 unspecified atom stereocenters. The van der Waals surface area contributed by atoms with Crippen LogP contribution in [-0.4, -0.2) is 41.1 Å². The summed E-state index contributed by atoms with van der Waals surface area (Å²) in [5, 5.41) is 9.88. The number of halogens is 6. The first kappa shape index (κ1) is 23.3. The van der Waals surface area contributed by atoms with Crippen LogP contribution < -0.4 is 10.1 Å². The Balaban J connectivity index is 1.94. The summed E-state index contributed by atoms with van der Waals surface area (Å²) in [6, 6.07) is 9.16. The van der Waals surface area contributed by atoms with Gasteiger partial charge in [-0.25, -0.2) is 0 Å². The van der Waals surface area contributed by atoms with Gasteiger partial charge in [-0.2, -0.15) is 31.4 Å². The standard InChI is InChI=1S/C21H17F6N3O2/c1-11-3-4-14(18(31)28-10-20(22,23)24)8-17(11)13-5-6-16-15(7-13)9-29-30-19(16)32-12(2)21(25,26)27/h3-9,12H,10H2,1-2H3,(H,28,31)/t12-/m1/s1. The lowest BCUT2D eigenvalue weighted by atomic mass is 9.96. The fourth-order valence-corrected chi connectivity index (χ4v) is 2.91. The zero-order valence-corrected chi connectivity index (χ0v) is 16.8. The third-order valence-corrected chi connectivity index (χ3v) is 4.64. The van der Waals surface area contributed by atoms with Crippen molar-refractivity contribution in [2.45, 2.75) is 32.3 Å². The largest absolute Gasteiger partial charge is 0.463 e. The minimum atomic E-state index is -4.58. The topological polar surface area (TPSA) is 64.1 Å². The average molecular weight is 457 g/mol. The number of carbonyl (C=O) groups is 1. The Hall–Kier alpha value is -3.37. The molecule has 2 aromatic carbocycles. The lowest BCUT2D eigenvalue weighted by Crippen LogP contribution is -2.33. The van der Waals surface area contributed by atoms with E-state index >= 15 is 0 Å². The van der Waals surface area contributed by atoms with Crippen LogP contribution in [0.25, 0.3) is 21.9 Å². The van der Waals surface area contributed by atoms with Gasteiger partial charge >= 0.3 is 12.4 Å². The molecule has 1 aromatic heterocycles. The molecular weight excluding hydrogens is 440 g/mol. The first-order chi connectivity index (χ1) is 14.8. The van der Waals surface area contributed by atoms with Gasteiger partial charge in [-0.15, -0.1) is 5.10 Å². The van der Waals surface area contributed by atoms with E-state index in [4.69, 9.17) is 4.74 Å². The van der Waals surface area contributed by atoms with Crippen LogP contribution in [0.3, 0.4) is 0 Å². The molecule has 0 saturated carbocycles. The summed E-state index contributed by atoms with van der Waals surface area (Å²) in [5.41, 5.74) is 1.92. The summed E-state index contributed by atoms with van der Waals surface area (Å²) >= 11 is 0. The van der Waals surface area contributed by atoms with E-state index in [9.17, 15) is 31.1 Å². The second-order valence-electron chi connectivity index (χ2n) is 7.08. The molecule has 0 radical (unpaired) electrons. The normalized spacial score (nSPS) is 13.1. The van der Waals surface area contributed by atoms with Crippen molar-refractivity contribution < 1.29 is 35.9 Å². The number of ether oxygens (including phenoxy) is 1. The maximum absolute atomic E-state index is 12.8. The highest BCUT2D eigenvalue weighted by molar-refractivity contribution is 5.96. The van der Waals surface area contributed by atoms with E-state index < -0.39 is 30.9 Å². The van der Waals surface area contributed by atoms with Crippen LogP contribution >= 0.6 is 0 Å². The van der Waals surface area contributed by atoms with Crippen molar-refractivity contribution in [2.24, 2.45) is 0 Å². The van der Waals surface area contributed by atoms with Gasteiger partial charge in [0.25, 0.3) is 5.91 Å². The number of hydrogen-bond donors (Lipinski definition) is 1. The predicted octanol–water partition coefficient (Wildman–Crippen LogP) is 5.23. The summed E-state index contributed by atoms with van der Waals surface area (Å²) in [4.78, 5) is 12.1. The van der Waals surface area contributed by atoms with Gasteiger partial charge in [0.05, 0.1) is 6.20 Å². The summed E-state index contributed by atoms with van der Waals surface area (Å²) in [7, 11) is 0. The molecule has 0 spiro atoms. The van der Waals surface area contributed by atoms with Gasteiger partial charge in [0.2, 0.25) is 5.88 Å². The molecule has 0 aliphatic carbocycles. The lowest BCUT2D eigenvalue weighted by Gasteiger charge is -2.17. The quantitative estimate of drug-likeness (QED) is 0.533. The minimum absolute atomic E-state index is 0.0332. The van der Waals surface area contributed by atoms with E-state index in [1.165, 1.54) is 24.4 Å². The molecule has 5 nitrogen and oxygen atoms in total. The number of fused-ring (bicyclic) bond motifs is 1. The molecule has 3 aromatic rings. The SMILES string of the molecule is Cc1ccc(C(=O)NCC(F)(F)F)cc1-c1ccc2c(O[C@H](C)C(F)(F)F)nncc2c1. The first-order valence-corrected chi connectivity index (χ1v) is 9.30. The summed E-state index contributed by atoms with van der Waals surface area (Å²) in [6.45, 7) is 1.15. The highest BCUT2D eigenvalue weighted by Gasteiger charge is 2.38. The number of aryl methyl sites for hydroxylation is 1. The molecule has 170 valence electrons. The van der Waals surface area contributed by atoms with Gasteiger partial charge in [-0.05, 0) is 54.8 Å². The van der Waals surface area contributed by atoms with Crippen molar-refractivity contribution in [3.63, 3.8) is 0 Å². The molecule has 1 N–H and O–H groups in total. The van der Waals surface area contributed by atoms with Crippen LogP contribution in [0, 0.1) is 6.92 Å². The van der Waals surface area contributed by atoms with Gasteiger partial charge in [0.1, 0.15) is 6.54 Å². The van der Waals surface area contributed by atoms with E-state index in [2.05, 4.69) is 10.2 Å². The first-order valence-electron chi connectivity index (χ1n) is 9.30. The molecule has 11 heteroatoms. The van der Waals surface area contributed by atoms with Crippen LogP contribution in [0.2, 0.25) is 0 Å². The smallest absolute Gasteiger partial charge is 0.425 e. The Labute approximate surface area is 178 Å². The maximum Gasteiger partial charge on any atom is 0.425 e. The number of rotatable bonds is 5. The third-order valence-electron chi connectivity index (χ3n) is 4.64. The van der Waals surface area contributed by atoms with Gasteiger partial charge < -0.3 is 10.1 Å². The molecule has 3 rings (SSSR count). The molecule has 0 aliphatic rings. The Morgan fingerprint density at radius 1 is 1.09 bits per heavy atom. The number of nitrogens with zero attached hydrogens (tertiary/aromatic N) is 2. The third kappa shape index (κ3) is 5.45. The fourth-order valence-electron chi connectivity index (χ4n) is 2.91. The molecule has 0 saturated heterocycles. The van der Waals surface area contributed by atoms with Crippen LogP contribution in [0.1, 0.15) is 22.8 Å². The second kappa shape index (κ2) is 8.64.